The van der Waals surface area contributed by atoms with Gasteiger partial charge < -0.3 is 10.6 Å². The summed E-state index contributed by atoms with van der Waals surface area (Å²) in [5, 5.41) is 11.2. The van der Waals surface area contributed by atoms with Crippen molar-refractivity contribution >= 4 is 0 Å². The van der Waals surface area contributed by atoms with Crippen molar-refractivity contribution in [3.8, 4) is 0 Å². The molecule has 16 heavy (non-hydrogen) atoms. The van der Waals surface area contributed by atoms with Gasteiger partial charge in [0.1, 0.15) is 0 Å². The predicted octanol–water partition coefficient (Wildman–Crippen LogP) is 0.694. The minimum absolute atomic E-state index is 0.681. The standard InChI is InChI=1S/C12H22N4/c1-16-12(6-9-15-16)5-8-13-10-11-4-2-3-7-14-11/h6,9,11,13-14H,2-5,7-8,10H2,1H3. The fraction of sp³-hybridized carbons (Fsp3) is 0.750. The fourth-order valence-corrected chi connectivity index (χ4v) is 2.24. The van der Waals surface area contributed by atoms with Gasteiger partial charge in [-0.05, 0) is 25.5 Å². The van der Waals surface area contributed by atoms with Crippen LogP contribution in [0, 0.1) is 0 Å². The van der Waals surface area contributed by atoms with E-state index in [1.165, 1.54) is 31.5 Å². The van der Waals surface area contributed by atoms with Crippen molar-refractivity contribution in [2.75, 3.05) is 19.6 Å². The molecule has 2 heterocycles. The third kappa shape index (κ3) is 3.32. The first kappa shape index (κ1) is 11.6. The van der Waals surface area contributed by atoms with Gasteiger partial charge in [-0.3, -0.25) is 4.68 Å². The molecule has 0 saturated carbocycles. The quantitative estimate of drug-likeness (QED) is 0.720. The van der Waals surface area contributed by atoms with Crippen molar-refractivity contribution in [1.29, 1.82) is 0 Å². The smallest absolute Gasteiger partial charge is 0.0492 e. The van der Waals surface area contributed by atoms with Gasteiger partial charge in [-0.25, -0.2) is 0 Å². The summed E-state index contributed by atoms with van der Waals surface area (Å²) in [5.74, 6) is 0. The molecule has 0 radical (unpaired) electrons. The van der Waals surface area contributed by atoms with Gasteiger partial charge in [0.15, 0.2) is 0 Å². The Morgan fingerprint density at radius 2 is 2.50 bits per heavy atom. The highest BCUT2D eigenvalue weighted by Gasteiger charge is 2.11. The minimum atomic E-state index is 0.681. The van der Waals surface area contributed by atoms with Crippen molar-refractivity contribution in [3.05, 3.63) is 18.0 Å². The highest BCUT2D eigenvalue weighted by molar-refractivity contribution is 5.00. The van der Waals surface area contributed by atoms with E-state index in [4.69, 9.17) is 0 Å². The maximum Gasteiger partial charge on any atom is 0.0492 e. The van der Waals surface area contributed by atoms with Gasteiger partial charge in [0.2, 0.25) is 0 Å². The van der Waals surface area contributed by atoms with Crippen LogP contribution in [0.25, 0.3) is 0 Å². The number of nitrogens with one attached hydrogen (secondary N) is 2. The van der Waals surface area contributed by atoms with Gasteiger partial charge >= 0.3 is 0 Å². The monoisotopic (exact) mass is 222 g/mol. The zero-order chi connectivity index (χ0) is 11.2. The summed E-state index contributed by atoms with van der Waals surface area (Å²) in [6.45, 7) is 3.32. The van der Waals surface area contributed by atoms with Gasteiger partial charge in [0.25, 0.3) is 0 Å². The van der Waals surface area contributed by atoms with E-state index < -0.39 is 0 Å². The van der Waals surface area contributed by atoms with Gasteiger partial charge in [-0.1, -0.05) is 6.42 Å². The predicted molar refractivity (Wildman–Crippen MR) is 65.4 cm³/mol. The maximum atomic E-state index is 4.16. The molecule has 1 aromatic rings. The van der Waals surface area contributed by atoms with E-state index in [0.29, 0.717) is 6.04 Å². The highest BCUT2D eigenvalue weighted by Crippen LogP contribution is 2.05. The summed E-state index contributed by atoms with van der Waals surface area (Å²) in [7, 11) is 2.00. The Balaban J connectivity index is 1.59. The normalized spacial score (nSPS) is 21.2. The van der Waals surface area contributed by atoms with E-state index in [0.717, 1.165) is 19.5 Å². The molecule has 1 aromatic heterocycles. The average molecular weight is 222 g/mol. The number of hydrogen-bond donors (Lipinski definition) is 2. The first-order chi connectivity index (χ1) is 7.86. The zero-order valence-electron chi connectivity index (χ0n) is 10.1. The summed E-state index contributed by atoms with van der Waals surface area (Å²) in [4.78, 5) is 0. The van der Waals surface area contributed by atoms with Crippen LogP contribution in [0.3, 0.4) is 0 Å². The molecule has 1 aliphatic rings. The topological polar surface area (TPSA) is 41.9 Å². The van der Waals surface area contributed by atoms with Crippen LogP contribution >= 0.6 is 0 Å². The Kier molecular flexibility index (Phi) is 4.36. The molecule has 0 aliphatic carbocycles. The molecule has 1 unspecified atom stereocenters. The Hall–Kier alpha value is -0.870. The zero-order valence-corrected chi connectivity index (χ0v) is 10.1. The fourth-order valence-electron chi connectivity index (χ4n) is 2.24. The van der Waals surface area contributed by atoms with E-state index in [1.54, 1.807) is 0 Å². The van der Waals surface area contributed by atoms with Crippen LogP contribution in [0.4, 0.5) is 0 Å². The molecule has 4 nitrogen and oxygen atoms in total. The average Bonchev–Trinajstić information content (AvgIpc) is 2.72. The van der Waals surface area contributed by atoms with Crippen LogP contribution in [0.1, 0.15) is 25.0 Å². The summed E-state index contributed by atoms with van der Waals surface area (Å²) >= 11 is 0. The minimum Gasteiger partial charge on any atom is -0.315 e. The van der Waals surface area contributed by atoms with Crippen LogP contribution < -0.4 is 10.6 Å². The molecule has 1 atom stereocenters. The van der Waals surface area contributed by atoms with Gasteiger partial charge in [-0.2, -0.15) is 5.10 Å². The van der Waals surface area contributed by atoms with Gasteiger partial charge in [0, 0.05) is 44.5 Å². The Labute approximate surface area is 97.4 Å². The van der Waals surface area contributed by atoms with Crippen LogP contribution in [-0.4, -0.2) is 35.5 Å². The molecule has 90 valence electrons. The molecule has 4 heteroatoms. The van der Waals surface area contributed by atoms with E-state index in [9.17, 15) is 0 Å². The molecule has 2 N–H and O–H groups in total. The molecule has 0 amide bonds. The summed E-state index contributed by atoms with van der Waals surface area (Å²) < 4.78 is 1.94. The first-order valence-corrected chi connectivity index (χ1v) is 6.27. The van der Waals surface area contributed by atoms with E-state index in [1.807, 2.05) is 17.9 Å². The van der Waals surface area contributed by atoms with Crippen molar-refractivity contribution < 1.29 is 0 Å². The van der Waals surface area contributed by atoms with Crippen LogP contribution in [-0.2, 0) is 13.5 Å². The van der Waals surface area contributed by atoms with E-state index in [-0.39, 0.29) is 0 Å². The number of hydrogen-bond acceptors (Lipinski definition) is 3. The summed E-state index contributed by atoms with van der Waals surface area (Å²) in [6.07, 6.45) is 6.95. The second kappa shape index (κ2) is 6.01. The van der Waals surface area contributed by atoms with Crippen molar-refractivity contribution in [2.24, 2.45) is 7.05 Å². The summed E-state index contributed by atoms with van der Waals surface area (Å²) in [5.41, 5.74) is 1.30. The summed E-state index contributed by atoms with van der Waals surface area (Å²) in [6, 6.07) is 2.76. The SMILES string of the molecule is Cn1nccc1CCNCC1CCCCN1. The molecule has 1 saturated heterocycles. The molecular weight excluding hydrogens is 200 g/mol. The largest absolute Gasteiger partial charge is 0.315 e. The second-order valence-electron chi connectivity index (χ2n) is 4.55. The number of piperidine rings is 1. The van der Waals surface area contributed by atoms with Crippen molar-refractivity contribution in [1.82, 2.24) is 20.4 Å². The Bertz CT molecular complexity index is 302. The number of aryl methyl sites for hydroxylation is 1. The molecule has 1 fully saturated rings. The number of rotatable bonds is 5. The van der Waals surface area contributed by atoms with Crippen LogP contribution in [0.15, 0.2) is 12.3 Å². The van der Waals surface area contributed by atoms with Crippen LogP contribution in [0.2, 0.25) is 0 Å². The molecular formula is C12H22N4. The molecule has 0 aromatic carbocycles. The van der Waals surface area contributed by atoms with E-state index in [2.05, 4.69) is 21.8 Å². The van der Waals surface area contributed by atoms with Gasteiger partial charge in [-0.15, -0.1) is 0 Å². The third-order valence-corrected chi connectivity index (χ3v) is 3.28. The van der Waals surface area contributed by atoms with Crippen LogP contribution in [0.5, 0.6) is 0 Å². The van der Waals surface area contributed by atoms with Crippen molar-refractivity contribution in [3.63, 3.8) is 0 Å². The molecule has 1 aliphatic heterocycles. The molecule has 2 rings (SSSR count). The van der Waals surface area contributed by atoms with Crippen molar-refractivity contribution in [2.45, 2.75) is 31.7 Å². The lowest BCUT2D eigenvalue weighted by Crippen LogP contribution is -2.42. The molecule has 0 bridgehead atoms. The second-order valence-corrected chi connectivity index (χ2v) is 4.55. The first-order valence-electron chi connectivity index (χ1n) is 6.27. The maximum absolute atomic E-state index is 4.16. The lowest BCUT2D eigenvalue weighted by molar-refractivity contribution is 0.384. The lowest BCUT2D eigenvalue weighted by Gasteiger charge is -2.23. The van der Waals surface area contributed by atoms with Gasteiger partial charge in [0.05, 0.1) is 0 Å². The lowest BCUT2D eigenvalue weighted by atomic mass is 10.1. The Morgan fingerprint density at radius 1 is 1.56 bits per heavy atom. The molecule has 0 spiro atoms. The van der Waals surface area contributed by atoms with E-state index >= 15 is 0 Å². The third-order valence-electron chi connectivity index (χ3n) is 3.28. The number of aromatic nitrogens is 2. The highest BCUT2D eigenvalue weighted by atomic mass is 15.3. The number of nitrogens with zero attached hydrogens (tertiary/aromatic N) is 2. The Morgan fingerprint density at radius 3 is 3.19 bits per heavy atom.